The Balaban J connectivity index is 2.26. The van der Waals surface area contributed by atoms with Gasteiger partial charge in [0.2, 0.25) is 5.91 Å². The summed E-state index contributed by atoms with van der Waals surface area (Å²) in [5.74, 6) is 0.750. The molecule has 0 aromatic carbocycles. The van der Waals surface area contributed by atoms with E-state index in [9.17, 15) is 4.79 Å². The molecule has 1 amide bonds. The molecule has 0 bridgehead atoms. The molecule has 3 N–H and O–H groups in total. The molecule has 6 heteroatoms. The van der Waals surface area contributed by atoms with Crippen molar-refractivity contribution in [2.45, 2.75) is 19.5 Å². The maximum atomic E-state index is 12.1. The van der Waals surface area contributed by atoms with Gasteiger partial charge in [-0.25, -0.2) is 4.98 Å². The van der Waals surface area contributed by atoms with Crippen molar-refractivity contribution in [3.63, 3.8) is 0 Å². The zero-order chi connectivity index (χ0) is 13.7. The van der Waals surface area contributed by atoms with Crippen LogP contribution < -0.4 is 16.0 Å². The molecular weight excluding hydrogens is 244 g/mol. The number of morpholine rings is 1. The number of nitrogens with two attached hydrogens (primary N) is 1. The Morgan fingerprint density at radius 2 is 2.53 bits per heavy atom. The van der Waals surface area contributed by atoms with E-state index in [4.69, 9.17) is 10.5 Å². The lowest BCUT2D eigenvalue weighted by atomic mass is 10.1. The normalized spacial score (nSPS) is 19.3. The lowest BCUT2D eigenvalue weighted by Crippen LogP contribution is -2.54. The summed E-state index contributed by atoms with van der Waals surface area (Å²) in [7, 11) is 0. The maximum absolute atomic E-state index is 12.1. The number of carbonyl (C=O) groups is 1. The fourth-order valence-electron chi connectivity index (χ4n) is 2.21. The Labute approximate surface area is 112 Å². The second-order valence-corrected chi connectivity index (χ2v) is 4.37. The lowest BCUT2D eigenvalue weighted by molar-refractivity contribution is -0.124. The Morgan fingerprint density at radius 1 is 1.68 bits per heavy atom. The predicted molar refractivity (Wildman–Crippen MR) is 72.8 cm³/mol. The van der Waals surface area contributed by atoms with E-state index in [0.717, 1.165) is 11.4 Å². The van der Waals surface area contributed by atoms with Gasteiger partial charge in [0.25, 0.3) is 0 Å². The minimum atomic E-state index is -0.339. The maximum Gasteiger partial charge on any atom is 0.245 e. The molecule has 19 heavy (non-hydrogen) atoms. The molecule has 2 heterocycles. The van der Waals surface area contributed by atoms with Gasteiger partial charge >= 0.3 is 0 Å². The van der Waals surface area contributed by atoms with Crippen LogP contribution in [0.1, 0.15) is 12.5 Å². The molecule has 1 unspecified atom stereocenters. The number of anilines is 1. The van der Waals surface area contributed by atoms with E-state index in [0.29, 0.717) is 32.8 Å². The highest BCUT2D eigenvalue weighted by atomic mass is 16.5. The van der Waals surface area contributed by atoms with Crippen LogP contribution in [-0.2, 0) is 16.1 Å². The number of amides is 1. The summed E-state index contributed by atoms with van der Waals surface area (Å²) in [5, 5.41) is 2.83. The van der Waals surface area contributed by atoms with Crippen LogP contribution in [0.15, 0.2) is 18.3 Å². The second-order valence-electron chi connectivity index (χ2n) is 4.37. The number of ether oxygens (including phenoxy) is 1. The van der Waals surface area contributed by atoms with Gasteiger partial charge in [0.1, 0.15) is 11.9 Å². The molecule has 0 spiro atoms. The van der Waals surface area contributed by atoms with Crippen molar-refractivity contribution in [2.24, 2.45) is 5.73 Å². The van der Waals surface area contributed by atoms with Crippen LogP contribution in [0.25, 0.3) is 0 Å². The van der Waals surface area contributed by atoms with Crippen LogP contribution in [-0.4, -0.2) is 43.2 Å². The van der Waals surface area contributed by atoms with E-state index >= 15 is 0 Å². The molecule has 0 radical (unpaired) electrons. The third-order valence-corrected chi connectivity index (χ3v) is 3.14. The number of nitrogens with one attached hydrogen (secondary N) is 1. The summed E-state index contributed by atoms with van der Waals surface area (Å²) in [6.07, 6.45) is 1.72. The number of rotatable bonds is 4. The summed E-state index contributed by atoms with van der Waals surface area (Å²) >= 11 is 0. The van der Waals surface area contributed by atoms with Crippen LogP contribution in [0.2, 0.25) is 0 Å². The fourth-order valence-corrected chi connectivity index (χ4v) is 2.21. The van der Waals surface area contributed by atoms with E-state index in [1.165, 1.54) is 0 Å². The van der Waals surface area contributed by atoms with Crippen LogP contribution in [0, 0.1) is 0 Å². The Kier molecular flexibility index (Phi) is 4.70. The smallest absolute Gasteiger partial charge is 0.245 e. The fraction of sp³-hybridized carbons (Fsp3) is 0.538. The average Bonchev–Trinajstić information content (AvgIpc) is 2.47. The average molecular weight is 264 g/mol. The van der Waals surface area contributed by atoms with Crippen molar-refractivity contribution in [3.8, 4) is 0 Å². The molecule has 1 saturated heterocycles. The highest BCUT2D eigenvalue weighted by Crippen LogP contribution is 2.21. The Hall–Kier alpha value is -1.66. The zero-order valence-electron chi connectivity index (χ0n) is 11.1. The van der Waals surface area contributed by atoms with Crippen LogP contribution in [0.4, 0.5) is 5.82 Å². The number of hydrogen-bond acceptors (Lipinski definition) is 5. The highest BCUT2D eigenvalue weighted by molar-refractivity contribution is 5.85. The molecule has 0 aliphatic carbocycles. The topological polar surface area (TPSA) is 80.5 Å². The monoisotopic (exact) mass is 264 g/mol. The molecule has 0 saturated carbocycles. The van der Waals surface area contributed by atoms with E-state index in [1.54, 1.807) is 6.20 Å². The second kappa shape index (κ2) is 6.49. The quantitative estimate of drug-likeness (QED) is 0.792. The molecular formula is C13H20N4O2. The first-order valence-electron chi connectivity index (χ1n) is 6.54. The van der Waals surface area contributed by atoms with Crippen molar-refractivity contribution in [3.05, 3.63) is 23.9 Å². The molecule has 1 aliphatic rings. The lowest BCUT2D eigenvalue weighted by Gasteiger charge is -2.36. The van der Waals surface area contributed by atoms with Gasteiger partial charge in [-0.1, -0.05) is 6.07 Å². The van der Waals surface area contributed by atoms with Crippen molar-refractivity contribution in [1.82, 2.24) is 10.3 Å². The number of aromatic nitrogens is 1. The summed E-state index contributed by atoms with van der Waals surface area (Å²) < 4.78 is 5.41. The summed E-state index contributed by atoms with van der Waals surface area (Å²) in [4.78, 5) is 18.4. The number of likely N-dealkylation sites (N-methyl/N-ethyl adjacent to an activating group) is 1. The minimum Gasteiger partial charge on any atom is -0.377 e. The van der Waals surface area contributed by atoms with Gasteiger partial charge in [-0.2, -0.15) is 0 Å². The van der Waals surface area contributed by atoms with Crippen LogP contribution >= 0.6 is 0 Å². The summed E-state index contributed by atoms with van der Waals surface area (Å²) in [6, 6.07) is 3.45. The van der Waals surface area contributed by atoms with Crippen molar-refractivity contribution < 1.29 is 9.53 Å². The van der Waals surface area contributed by atoms with Crippen LogP contribution in [0.3, 0.4) is 0 Å². The molecule has 1 fully saturated rings. The number of hydrogen-bond donors (Lipinski definition) is 2. The molecule has 1 aromatic rings. The molecule has 1 atom stereocenters. The van der Waals surface area contributed by atoms with Gasteiger partial charge in [-0.15, -0.1) is 0 Å². The van der Waals surface area contributed by atoms with Crippen molar-refractivity contribution >= 4 is 11.7 Å². The number of carbonyl (C=O) groups excluding carboxylic acids is 1. The molecule has 104 valence electrons. The zero-order valence-corrected chi connectivity index (χ0v) is 11.1. The predicted octanol–water partition coefficient (Wildman–Crippen LogP) is -0.118. The van der Waals surface area contributed by atoms with Gasteiger partial charge < -0.3 is 20.7 Å². The van der Waals surface area contributed by atoms with Gasteiger partial charge in [-0.3, -0.25) is 4.79 Å². The largest absolute Gasteiger partial charge is 0.377 e. The van der Waals surface area contributed by atoms with E-state index in [1.807, 2.05) is 24.0 Å². The third-order valence-electron chi connectivity index (χ3n) is 3.14. The summed E-state index contributed by atoms with van der Waals surface area (Å²) in [5.41, 5.74) is 6.68. The minimum absolute atomic E-state index is 0.0316. The van der Waals surface area contributed by atoms with Gasteiger partial charge in [0, 0.05) is 31.4 Å². The highest BCUT2D eigenvalue weighted by Gasteiger charge is 2.30. The first-order valence-corrected chi connectivity index (χ1v) is 6.54. The molecule has 2 rings (SSSR count). The third kappa shape index (κ3) is 3.02. The Bertz CT molecular complexity index is 438. The number of pyridine rings is 1. The Morgan fingerprint density at radius 3 is 3.26 bits per heavy atom. The van der Waals surface area contributed by atoms with E-state index in [2.05, 4.69) is 10.3 Å². The van der Waals surface area contributed by atoms with E-state index in [-0.39, 0.29) is 11.9 Å². The summed E-state index contributed by atoms with van der Waals surface area (Å²) in [6.45, 7) is 4.53. The number of nitrogens with zero attached hydrogens (tertiary/aromatic N) is 2. The molecule has 6 nitrogen and oxygen atoms in total. The SMILES string of the molecule is CCNC(=O)C1COCCN1c1ncccc1CN. The molecule has 1 aromatic heterocycles. The van der Waals surface area contributed by atoms with Gasteiger partial charge in [-0.05, 0) is 13.0 Å². The van der Waals surface area contributed by atoms with Crippen LogP contribution in [0.5, 0.6) is 0 Å². The van der Waals surface area contributed by atoms with E-state index < -0.39 is 0 Å². The van der Waals surface area contributed by atoms with Gasteiger partial charge in [0.15, 0.2) is 0 Å². The van der Waals surface area contributed by atoms with Crippen molar-refractivity contribution in [2.75, 3.05) is 31.2 Å². The first-order chi connectivity index (χ1) is 9.27. The standard InChI is InChI=1S/C13H20N4O2/c1-2-15-13(18)11-9-19-7-6-17(11)12-10(8-14)4-3-5-16-12/h3-5,11H,2,6-9,14H2,1H3,(H,15,18). The van der Waals surface area contributed by atoms with Crippen molar-refractivity contribution in [1.29, 1.82) is 0 Å². The van der Waals surface area contributed by atoms with Gasteiger partial charge in [0.05, 0.1) is 13.2 Å². The first kappa shape index (κ1) is 13.8. The molecule has 1 aliphatic heterocycles.